The maximum absolute atomic E-state index is 6.10. The van der Waals surface area contributed by atoms with Gasteiger partial charge in [-0.2, -0.15) is 0 Å². The summed E-state index contributed by atoms with van der Waals surface area (Å²) in [5, 5.41) is 3.70. The second-order valence-corrected chi connectivity index (χ2v) is 6.19. The number of para-hydroxylation sites is 1. The van der Waals surface area contributed by atoms with Gasteiger partial charge in [-0.3, -0.25) is 0 Å². The van der Waals surface area contributed by atoms with Crippen molar-refractivity contribution in [3.05, 3.63) is 59.7 Å². The molecule has 0 aliphatic carbocycles. The predicted molar refractivity (Wildman–Crippen MR) is 87.1 cm³/mol. The molecule has 0 radical (unpaired) electrons. The van der Waals surface area contributed by atoms with Gasteiger partial charge in [-0.1, -0.05) is 35.9 Å². The van der Waals surface area contributed by atoms with Crippen molar-refractivity contribution >= 4 is 5.69 Å². The minimum atomic E-state index is -0.134. The highest BCUT2D eigenvalue weighted by Crippen LogP contribution is 2.44. The number of hydrogen-bond acceptors (Lipinski definition) is 3. The average molecular weight is 295 g/mol. The summed E-state index contributed by atoms with van der Waals surface area (Å²) in [5.41, 5.74) is 3.65. The molecule has 1 unspecified atom stereocenters. The molecule has 22 heavy (non-hydrogen) atoms. The number of aryl methyl sites for hydroxylation is 1. The summed E-state index contributed by atoms with van der Waals surface area (Å²) in [5.74, 6) is 1.30. The van der Waals surface area contributed by atoms with Gasteiger partial charge >= 0.3 is 0 Å². The van der Waals surface area contributed by atoms with Gasteiger partial charge < -0.3 is 14.8 Å². The van der Waals surface area contributed by atoms with E-state index in [1.807, 2.05) is 6.07 Å². The Bertz CT molecular complexity index is 656. The van der Waals surface area contributed by atoms with Gasteiger partial charge in [0.05, 0.1) is 12.6 Å². The lowest BCUT2D eigenvalue weighted by molar-refractivity contribution is -0.154. The van der Waals surface area contributed by atoms with Crippen LogP contribution in [0.15, 0.2) is 48.5 Å². The summed E-state index contributed by atoms with van der Waals surface area (Å²) in [6.45, 7) is 2.92. The zero-order valence-corrected chi connectivity index (χ0v) is 12.8. The molecule has 0 spiro atoms. The van der Waals surface area contributed by atoms with Crippen molar-refractivity contribution in [1.29, 1.82) is 0 Å². The first-order chi connectivity index (χ1) is 10.8. The summed E-state index contributed by atoms with van der Waals surface area (Å²) in [6.07, 6.45) is 2.09. The maximum Gasteiger partial charge on any atom is 0.204 e. The van der Waals surface area contributed by atoms with E-state index in [2.05, 4.69) is 54.7 Å². The van der Waals surface area contributed by atoms with E-state index in [-0.39, 0.29) is 12.3 Å². The molecule has 0 aromatic heterocycles. The Kier molecular flexibility index (Phi) is 3.51. The second-order valence-electron chi connectivity index (χ2n) is 6.19. The summed E-state index contributed by atoms with van der Waals surface area (Å²) < 4.78 is 12.0. The minimum Gasteiger partial charge on any atom is -0.464 e. The molecule has 3 atom stereocenters. The van der Waals surface area contributed by atoms with E-state index in [0.717, 1.165) is 30.9 Å². The molecule has 114 valence electrons. The fourth-order valence-corrected chi connectivity index (χ4v) is 3.50. The summed E-state index contributed by atoms with van der Waals surface area (Å²) >= 11 is 0. The third-order valence-electron chi connectivity index (χ3n) is 4.58. The Morgan fingerprint density at radius 1 is 1.09 bits per heavy atom. The van der Waals surface area contributed by atoms with E-state index in [9.17, 15) is 0 Å². The Balaban J connectivity index is 1.73. The average Bonchev–Trinajstić information content (AvgIpc) is 2.56. The van der Waals surface area contributed by atoms with E-state index >= 15 is 0 Å². The van der Waals surface area contributed by atoms with Crippen LogP contribution in [0.3, 0.4) is 0 Å². The fraction of sp³-hybridized carbons (Fsp3) is 0.368. The molecule has 1 N–H and O–H groups in total. The highest BCUT2D eigenvalue weighted by atomic mass is 16.7. The second kappa shape index (κ2) is 5.65. The summed E-state index contributed by atoms with van der Waals surface area (Å²) in [4.78, 5) is 0. The van der Waals surface area contributed by atoms with Gasteiger partial charge in [-0.15, -0.1) is 0 Å². The molecule has 1 saturated heterocycles. The Morgan fingerprint density at radius 2 is 1.95 bits per heavy atom. The number of hydrogen-bond donors (Lipinski definition) is 1. The van der Waals surface area contributed by atoms with Gasteiger partial charge in [-0.25, -0.2) is 0 Å². The molecule has 1 fully saturated rings. The normalized spacial score (nSPS) is 26.5. The minimum absolute atomic E-state index is 0.134. The van der Waals surface area contributed by atoms with E-state index < -0.39 is 0 Å². The Hall–Kier alpha value is -2.00. The first-order valence-electron chi connectivity index (χ1n) is 8.02. The lowest BCUT2D eigenvalue weighted by Gasteiger charge is -2.42. The Labute approximate surface area is 131 Å². The molecule has 3 nitrogen and oxygen atoms in total. The maximum atomic E-state index is 6.10. The van der Waals surface area contributed by atoms with Crippen LogP contribution in [0.25, 0.3) is 0 Å². The van der Waals surface area contributed by atoms with Gasteiger partial charge in [0, 0.05) is 17.2 Å². The van der Waals surface area contributed by atoms with Crippen LogP contribution in [-0.2, 0) is 4.74 Å². The van der Waals surface area contributed by atoms with Crippen LogP contribution in [0.5, 0.6) is 5.75 Å². The summed E-state index contributed by atoms with van der Waals surface area (Å²) in [6, 6.07) is 17.0. The molecule has 2 aromatic rings. The monoisotopic (exact) mass is 295 g/mol. The van der Waals surface area contributed by atoms with Gasteiger partial charge in [0.15, 0.2) is 0 Å². The fourth-order valence-electron chi connectivity index (χ4n) is 3.50. The number of benzene rings is 2. The molecule has 0 amide bonds. The smallest absolute Gasteiger partial charge is 0.204 e. The van der Waals surface area contributed by atoms with Crippen molar-refractivity contribution in [2.45, 2.75) is 32.1 Å². The first kappa shape index (κ1) is 13.6. The highest BCUT2D eigenvalue weighted by Gasteiger charge is 2.40. The van der Waals surface area contributed by atoms with Gasteiger partial charge in [0.25, 0.3) is 0 Å². The van der Waals surface area contributed by atoms with E-state index in [4.69, 9.17) is 9.47 Å². The van der Waals surface area contributed by atoms with Crippen molar-refractivity contribution in [2.75, 3.05) is 11.9 Å². The molecule has 4 rings (SSSR count). The summed E-state index contributed by atoms with van der Waals surface area (Å²) in [7, 11) is 0. The zero-order chi connectivity index (χ0) is 14.9. The zero-order valence-electron chi connectivity index (χ0n) is 12.8. The largest absolute Gasteiger partial charge is 0.464 e. The van der Waals surface area contributed by atoms with E-state index in [1.54, 1.807) is 0 Å². The molecule has 2 aromatic carbocycles. The van der Waals surface area contributed by atoms with Crippen molar-refractivity contribution in [2.24, 2.45) is 5.92 Å². The third-order valence-corrected chi connectivity index (χ3v) is 4.58. The molecule has 0 bridgehead atoms. The number of fused-ring (bicyclic) bond motifs is 2. The van der Waals surface area contributed by atoms with Crippen LogP contribution < -0.4 is 10.1 Å². The molecular weight excluding hydrogens is 274 g/mol. The SMILES string of the molecule is Cc1ccc2c(c1)[C@H](Nc1ccccc1)C1CCCO[C@H]1O2. The van der Waals surface area contributed by atoms with Crippen molar-refractivity contribution in [3.8, 4) is 5.75 Å². The van der Waals surface area contributed by atoms with Crippen LogP contribution in [0.4, 0.5) is 5.69 Å². The van der Waals surface area contributed by atoms with Crippen molar-refractivity contribution in [1.82, 2.24) is 0 Å². The topological polar surface area (TPSA) is 30.5 Å². The lowest BCUT2D eigenvalue weighted by atomic mass is 9.84. The van der Waals surface area contributed by atoms with Crippen molar-refractivity contribution < 1.29 is 9.47 Å². The van der Waals surface area contributed by atoms with Crippen LogP contribution in [-0.4, -0.2) is 12.9 Å². The molecule has 2 aliphatic rings. The third kappa shape index (κ3) is 2.46. The van der Waals surface area contributed by atoms with Crippen LogP contribution in [0.2, 0.25) is 0 Å². The quantitative estimate of drug-likeness (QED) is 0.896. The number of ether oxygens (including phenoxy) is 2. The number of rotatable bonds is 2. The molecule has 2 aliphatic heterocycles. The van der Waals surface area contributed by atoms with Crippen LogP contribution >= 0.6 is 0 Å². The van der Waals surface area contributed by atoms with E-state index in [0.29, 0.717) is 5.92 Å². The number of nitrogens with one attached hydrogen (secondary N) is 1. The molecule has 3 heteroatoms. The molecule has 0 saturated carbocycles. The van der Waals surface area contributed by atoms with Gasteiger partial charge in [0.2, 0.25) is 6.29 Å². The Morgan fingerprint density at radius 3 is 2.82 bits per heavy atom. The lowest BCUT2D eigenvalue weighted by Crippen LogP contribution is -2.43. The van der Waals surface area contributed by atoms with E-state index in [1.165, 1.54) is 11.1 Å². The van der Waals surface area contributed by atoms with Crippen molar-refractivity contribution in [3.63, 3.8) is 0 Å². The standard InChI is InChI=1S/C19H21NO2/c1-13-9-10-17-16(12-13)18(20-14-6-3-2-4-7-14)15-8-5-11-21-19(15)22-17/h2-4,6-7,9-10,12,15,18-20H,5,8,11H2,1H3/t15?,18-,19+/m1/s1. The predicted octanol–water partition coefficient (Wildman–Crippen LogP) is 4.29. The highest BCUT2D eigenvalue weighted by molar-refractivity contribution is 5.50. The molecular formula is C19H21NO2. The van der Waals surface area contributed by atoms with Crippen LogP contribution in [0, 0.1) is 12.8 Å². The van der Waals surface area contributed by atoms with Gasteiger partial charge in [0.1, 0.15) is 5.75 Å². The van der Waals surface area contributed by atoms with Gasteiger partial charge in [-0.05, 0) is 38.0 Å². The number of anilines is 1. The van der Waals surface area contributed by atoms with Crippen LogP contribution in [0.1, 0.15) is 30.0 Å². The first-order valence-corrected chi connectivity index (χ1v) is 8.02. The molecule has 2 heterocycles.